The Morgan fingerprint density at radius 3 is 1.30 bits per heavy atom. The summed E-state index contributed by atoms with van der Waals surface area (Å²) in [6.07, 6.45) is 0. The third-order valence-electron chi connectivity index (χ3n) is 13.6. The van der Waals surface area contributed by atoms with Crippen LogP contribution in [0.2, 0.25) is 0 Å². The monoisotopic (exact) mass is 770 g/mol. The predicted octanol–water partition coefficient (Wildman–Crippen LogP) is 17.2. The summed E-state index contributed by atoms with van der Waals surface area (Å²) in [4.78, 5) is 0. The minimum Gasteiger partial charge on any atom is -0.456 e. The van der Waals surface area contributed by atoms with E-state index in [4.69, 9.17) is 4.42 Å². The van der Waals surface area contributed by atoms with Crippen LogP contribution in [-0.2, 0) is 0 Å². The van der Waals surface area contributed by atoms with Gasteiger partial charge in [-0.1, -0.05) is 182 Å². The molecule has 0 aliphatic heterocycles. The second-order valence-corrected chi connectivity index (χ2v) is 16.7. The predicted molar refractivity (Wildman–Crippen MR) is 260 cm³/mol. The lowest BCUT2D eigenvalue weighted by Crippen LogP contribution is -1.92. The third kappa shape index (κ3) is 4.66. The lowest BCUT2D eigenvalue weighted by molar-refractivity contribution is 0.669. The van der Waals surface area contributed by atoms with Crippen LogP contribution in [0.3, 0.4) is 0 Å². The van der Waals surface area contributed by atoms with Crippen LogP contribution >= 0.6 is 0 Å². The van der Waals surface area contributed by atoms with Crippen molar-refractivity contribution in [3.05, 3.63) is 206 Å². The van der Waals surface area contributed by atoms with Gasteiger partial charge < -0.3 is 4.42 Å². The van der Waals surface area contributed by atoms with E-state index in [1.807, 2.05) is 6.07 Å². The highest BCUT2D eigenvalue weighted by Gasteiger charge is 2.20. The Labute approximate surface area is 351 Å². The lowest BCUT2D eigenvalue weighted by Gasteiger charge is -2.19. The molecule has 14 aromatic rings. The molecule has 0 unspecified atom stereocenters. The molecule has 61 heavy (non-hydrogen) atoms. The van der Waals surface area contributed by atoms with Crippen LogP contribution in [0, 0.1) is 0 Å². The summed E-state index contributed by atoms with van der Waals surface area (Å²) in [7, 11) is 0. The summed E-state index contributed by atoms with van der Waals surface area (Å²) in [5, 5.41) is 20.3. The molecule has 280 valence electrons. The molecular weight excluding hydrogens is 737 g/mol. The topological polar surface area (TPSA) is 13.1 Å². The fraction of sp³-hybridized carbons (Fsp3) is 0. The van der Waals surface area contributed by atoms with Gasteiger partial charge in [0.2, 0.25) is 0 Å². The minimum atomic E-state index is 0.903. The summed E-state index contributed by atoms with van der Waals surface area (Å²) in [6, 6.07) is 76.7. The molecule has 0 bridgehead atoms. The molecule has 1 heterocycles. The van der Waals surface area contributed by atoms with Crippen LogP contribution in [0.4, 0.5) is 0 Å². The number of rotatable bonds is 4. The average molecular weight is 771 g/mol. The van der Waals surface area contributed by atoms with E-state index in [0.29, 0.717) is 0 Å². The number of hydrogen-bond acceptors (Lipinski definition) is 1. The largest absolute Gasteiger partial charge is 0.456 e. The van der Waals surface area contributed by atoms with Crippen molar-refractivity contribution in [2.24, 2.45) is 0 Å². The maximum absolute atomic E-state index is 6.31. The zero-order chi connectivity index (χ0) is 39.8. The Morgan fingerprint density at radius 2 is 0.639 bits per heavy atom. The maximum atomic E-state index is 6.31. The molecule has 0 fully saturated rings. The van der Waals surface area contributed by atoms with Gasteiger partial charge in [0.1, 0.15) is 11.2 Å². The third-order valence-corrected chi connectivity index (χ3v) is 13.6. The highest BCUT2D eigenvalue weighted by Crippen LogP contribution is 2.47. The Bertz CT molecular complexity index is 4080. The molecule has 0 atom stereocenters. The molecule has 1 heteroatoms. The summed E-state index contributed by atoms with van der Waals surface area (Å²) in [6.45, 7) is 0. The second kappa shape index (κ2) is 12.3. The van der Waals surface area contributed by atoms with Crippen molar-refractivity contribution in [3.63, 3.8) is 0 Å². The van der Waals surface area contributed by atoms with E-state index in [0.717, 1.165) is 27.5 Å². The summed E-state index contributed by atoms with van der Waals surface area (Å²) < 4.78 is 6.31. The molecular formula is C60H34O. The van der Waals surface area contributed by atoms with Gasteiger partial charge in [-0.25, -0.2) is 0 Å². The SMILES string of the molecule is c1cc2ccc3ccc(-c4ccc(-c5ccc6oc7ccccc7c6c5)c(-c5ccc(-c6ccc7ccc8cccc9ccc6c7c89)c6ccccc56)c4)c4ccc(c1)c2c34. The fourth-order valence-electron chi connectivity index (χ4n) is 10.8. The zero-order valence-corrected chi connectivity index (χ0v) is 33.0. The first-order chi connectivity index (χ1) is 30.2. The summed E-state index contributed by atoms with van der Waals surface area (Å²) >= 11 is 0. The standard InChI is InChI=1S/C60H34O/c1-2-12-46-45(11-1)47(48-27-20-40-18-16-36-8-6-10-38-22-29-52(48)60(40)58(36)38)30-31-49(46)53-33-41(23-26-44(53)42-24-32-56-54(34-42)50-13-3-4-14-55(50)61-56)43-25-19-39-17-15-35-7-5-9-37-21-28-51(43)59(39)57(35)37/h1-34H. The molecule has 13 aromatic carbocycles. The highest BCUT2D eigenvalue weighted by atomic mass is 16.3. The first-order valence-electron chi connectivity index (χ1n) is 21.2. The van der Waals surface area contributed by atoms with Crippen molar-refractivity contribution in [1.82, 2.24) is 0 Å². The van der Waals surface area contributed by atoms with Gasteiger partial charge in [-0.2, -0.15) is 0 Å². The summed E-state index contributed by atoms with van der Waals surface area (Å²) in [5.74, 6) is 0. The summed E-state index contributed by atoms with van der Waals surface area (Å²) in [5.41, 5.74) is 11.5. The van der Waals surface area contributed by atoms with Gasteiger partial charge in [-0.3, -0.25) is 0 Å². The number of benzene rings is 13. The van der Waals surface area contributed by atoms with Gasteiger partial charge in [0.05, 0.1) is 0 Å². The number of furan rings is 1. The van der Waals surface area contributed by atoms with Crippen LogP contribution in [0.15, 0.2) is 211 Å². The van der Waals surface area contributed by atoms with Crippen molar-refractivity contribution in [3.8, 4) is 44.5 Å². The van der Waals surface area contributed by atoms with Crippen LogP contribution in [0.25, 0.3) is 142 Å². The van der Waals surface area contributed by atoms with Gasteiger partial charge >= 0.3 is 0 Å². The van der Waals surface area contributed by atoms with E-state index in [9.17, 15) is 0 Å². The minimum absolute atomic E-state index is 0.903. The molecule has 0 saturated carbocycles. The molecule has 14 rings (SSSR count). The van der Waals surface area contributed by atoms with Crippen LogP contribution in [0.1, 0.15) is 0 Å². The molecule has 1 aromatic heterocycles. The van der Waals surface area contributed by atoms with Gasteiger partial charge in [-0.05, 0) is 144 Å². The van der Waals surface area contributed by atoms with Gasteiger partial charge in [-0.15, -0.1) is 0 Å². The van der Waals surface area contributed by atoms with Crippen LogP contribution < -0.4 is 0 Å². The van der Waals surface area contributed by atoms with Crippen molar-refractivity contribution >= 4 is 97.3 Å². The fourth-order valence-corrected chi connectivity index (χ4v) is 10.8. The van der Waals surface area contributed by atoms with Crippen LogP contribution in [0.5, 0.6) is 0 Å². The Hall–Kier alpha value is -8.00. The second-order valence-electron chi connectivity index (χ2n) is 16.7. The van der Waals surface area contributed by atoms with E-state index in [1.54, 1.807) is 0 Å². The lowest BCUT2D eigenvalue weighted by atomic mass is 9.84. The smallest absolute Gasteiger partial charge is 0.135 e. The van der Waals surface area contributed by atoms with Crippen molar-refractivity contribution in [1.29, 1.82) is 0 Å². The number of para-hydroxylation sites is 1. The molecule has 0 N–H and O–H groups in total. The van der Waals surface area contributed by atoms with Crippen molar-refractivity contribution in [2.75, 3.05) is 0 Å². The highest BCUT2D eigenvalue weighted by molar-refractivity contribution is 6.27. The van der Waals surface area contributed by atoms with Gasteiger partial charge in [0.25, 0.3) is 0 Å². The Kier molecular flexibility index (Phi) is 6.62. The first kappa shape index (κ1) is 32.9. The van der Waals surface area contributed by atoms with Crippen molar-refractivity contribution in [2.45, 2.75) is 0 Å². The molecule has 0 aliphatic carbocycles. The molecule has 0 saturated heterocycles. The van der Waals surface area contributed by atoms with E-state index in [2.05, 4.69) is 200 Å². The van der Waals surface area contributed by atoms with Crippen LogP contribution in [-0.4, -0.2) is 0 Å². The molecule has 0 spiro atoms. The Balaban J connectivity index is 1.03. The van der Waals surface area contributed by atoms with E-state index >= 15 is 0 Å². The molecule has 0 aliphatic rings. The average Bonchev–Trinajstić information content (AvgIpc) is 3.70. The molecule has 0 radical (unpaired) electrons. The zero-order valence-electron chi connectivity index (χ0n) is 33.0. The number of hydrogen-bond donors (Lipinski definition) is 0. The van der Waals surface area contributed by atoms with E-state index in [1.165, 1.54) is 114 Å². The molecule has 0 amide bonds. The van der Waals surface area contributed by atoms with Gasteiger partial charge in [0.15, 0.2) is 0 Å². The Morgan fingerprint density at radius 1 is 0.213 bits per heavy atom. The number of fused-ring (bicyclic) bond motifs is 4. The van der Waals surface area contributed by atoms with E-state index < -0.39 is 0 Å². The van der Waals surface area contributed by atoms with E-state index in [-0.39, 0.29) is 0 Å². The quantitative estimate of drug-likeness (QED) is 0.162. The normalized spacial score (nSPS) is 12.3. The van der Waals surface area contributed by atoms with Crippen molar-refractivity contribution < 1.29 is 4.42 Å². The maximum Gasteiger partial charge on any atom is 0.135 e. The van der Waals surface area contributed by atoms with Gasteiger partial charge in [0, 0.05) is 10.8 Å². The first-order valence-corrected chi connectivity index (χ1v) is 21.2. The molecule has 1 nitrogen and oxygen atoms in total.